The number of carbonyl (C=O) groups is 2. The van der Waals surface area contributed by atoms with Crippen LogP contribution in [-0.2, 0) is 11.3 Å². The Hall–Kier alpha value is -2.66. The van der Waals surface area contributed by atoms with Gasteiger partial charge in [-0.3, -0.25) is 9.59 Å². The van der Waals surface area contributed by atoms with Crippen LogP contribution in [0.5, 0.6) is 0 Å². The average molecular weight is 338 g/mol. The molecule has 1 aliphatic heterocycles. The standard InChI is InChI=1S/C20H22N2O3/c23-13-12-21(15-16-6-2-1-3-7-16)20(25)17-8-4-9-18(14-17)22-11-5-10-19(22)24/h1-4,6-9,14,23H,5,10-13,15H2. The van der Waals surface area contributed by atoms with Crippen LogP contribution in [0.15, 0.2) is 54.6 Å². The lowest BCUT2D eigenvalue weighted by Crippen LogP contribution is -2.33. The summed E-state index contributed by atoms with van der Waals surface area (Å²) in [4.78, 5) is 28.2. The van der Waals surface area contributed by atoms with Crippen LogP contribution in [0.25, 0.3) is 0 Å². The number of aliphatic hydroxyl groups is 1. The third-order valence-electron chi connectivity index (χ3n) is 4.35. The van der Waals surface area contributed by atoms with E-state index in [0.29, 0.717) is 25.1 Å². The average Bonchev–Trinajstić information content (AvgIpc) is 3.08. The van der Waals surface area contributed by atoms with Crippen molar-refractivity contribution in [3.05, 3.63) is 65.7 Å². The van der Waals surface area contributed by atoms with Gasteiger partial charge in [0.1, 0.15) is 0 Å². The normalized spacial score (nSPS) is 14.0. The Bertz CT molecular complexity index is 746. The van der Waals surface area contributed by atoms with Gasteiger partial charge in [-0.05, 0) is 30.2 Å². The van der Waals surface area contributed by atoms with Crippen molar-refractivity contribution >= 4 is 17.5 Å². The lowest BCUT2D eigenvalue weighted by Gasteiger charge is -2.23. The van der Waals surface area contributed by atoms with Crippen LogP contribution in [0.2, 0.25) is 0 Å². The number of carbonyl (C=O) groups excluding carboxylic acids is 2. The topological polar surface area (TPSA) is 60.9 Å². The highest BCUT2D eigenvalue weighted by Crippen LogP contribution is 2.23. The van der Waals surface area contributed by atoms with E-state index in [0.717, 1.165) is 17.7 Å². The zero-order valence-corrected chi connectivity index (χ0v) is 14.1. The van der Waals surface area contributed by atoms with E-state index < -0.39 is 0 Å². The maximum Gasteiger partial charge on any atom is 0.254 e. The Balaban J connectivity index is 1.80. The predicted octanol–water partition coefficient (Wildman–Crippen LogP) is 2.45. The number of benzene rings is 2. The number of hydrogen-bond donors (Lipinski definition) is 1. The van der Waals surface area contributed by atoms with Crippen LogP contribution in [0, 0.1) is 0 Å². The Kier molecular flexibility index (Phi) is 5.46. The molecule has 1 heterocycles. The Morgan fingerprint density at radius 1 is 1.12 bits per heavy atom. The second kappa shape index (κ2) is 7.94. The number of nitrogens with zero attached hydrogens (tertiary/aromatic N) is 2. The van der Waals surface area contributed by atoms with Crippen molar-refractivity contribution in [2.24, 2.45) is 0 Å². The summed E-state index contributed by atoms with van der Waals surface area (Å²) in [6.45, 7) is 1.30. The molecule has 1 saturated heterocycles. The van der Waals surface area contributed by atoms with E-state index in [1.807, 2.05) is 36.4 Å². The van der Waals surface area contributed by atoms with Gasteiger partial charge in [0.2, 0.25) is 5.91 Å². The second-order valence-corrected chi connectivity index (χ2v) is 6.14. The van der Waals surface area contributed by atoms with Gasteiger partial charge >= 0.3 is 0 Å². The van der Waals surface area contributed by atoms with Gasteiger partial charge in [-0.2, -0.15) is 0 Å². The van der Waals surface area contributed by atoms with Gasteiger partial charge < -0.3 is 14.9 Å². The highest BCUT2D eigenvalue weighted by molar-refractivity contribution is 5.99. The monoisotopic (exact) mass is 338 g/mol. The first-order valence-electron chi connectivity index (χ1n) is 8.53. The first kappa shape index (κ1) is 17.2. The molecular weight excluding hydrogens is 316 g/mol. The zero-order chi connectivity index (χ0) is 17.6. The number of rotatable bonds is 6. The first-order valence-corrected chi connectivity index (χ1v) is 8.53. The fraction of sp³-hybridized carbons (Fsp3) is 0.300. The highest BCUT2D eigenvalue weighted by Gasteiger charge is 2.23. The van der Waals surface area contributed by atoms with Crippen molar-refractivity contribution in [2.45, 2.75) is 19.4 Å². The third-order valence-corrected chi connectivity index (χ3v) is 4.35. The first-order chi connectivity index (χ1) is 12.2. The van der Waals surface area contributed by atoms with Crippen molar-refractivity contribution in [3.63, 3.8) is 0 Å². The fourth-order valence-electron chi connectivity index (χ4n) is 3.09. The maximum absolute atomic E-state index is 12.9. The van der Waals surface area contributed by atoms with Crippen LogP contribution < -0.4 is 4.90 Å². The SMILES string of the molecule is O=C(c1cccc(N2CCCC2=O)c1)N(CCO)Cc1ccccc1. The van der Waals surface area contributed by atoms with Crippen molar-refractivity contribution in [1.29, 1.82) is 0 Å². The number of aliphatic hydroxyl groups excluding tert-OH is 1. The van der Waals surface area contributed by atoms with Crippen LogP contribution in [0.4, 0.5) is 5.69 Å². The molecule has 2 amide bonds. The zero-order valence-electron chi connectivity index (χ0n) is 14.1. The predicted molar refractivity (Wildman–Crippen MR) is 96.3 cm³/mol. The minimum absolute atomic E-state index is 0.0944. The summed E-state index contributed by atoms with van der Waals surface area (Å²) in [5.41, 5.74) is 2.30. The highest BCUT2D eigenvalue weighted by atomic mass is 16.3. The summed E-state index contributed by atoms with van der Waals surface area (Å²) in [5, 5.41) is 9.33. The Morgan fingerprint density at radius 2 is 1.92 bits per heavy atom. The molecule has 0 bridgehead atoms. The van der Waals surface area contributed by atoms with E-state index in [9.17, 15) is 14.7 Å². The van der Waals surface area contributed by atoms with Crippen molar-refractivity contribution in [2.75, 3.05) is 24.6 Å². The second-order valence-electron chi connectivity index (χ2n) is 6.14. The van der Waals surface area contributed by atoms with Crippen LogP contribution in [0.3, 0.4) is 0 Å². The van der Waals surface area contributed by atoms with E-state index in [-0.39, 0.29) is 25.0 Å². The third kappa shape index (κ3) is 4.06. The molecule has 2 aromatic rings. The molecule has 2 aromatic carbocycles. The minimum atomic E-state index is -0.147. The van der Waals surface area contributed by atoms with Gasteiger partial charge in [-0.25, -0.2) is 0 Å². The number of hydrogen-bond acceptors (Lipinski definition) is 3. The number of anilines is 1. The summed E-state index contributed by atoms with van der Waals surface area (Å²) in [6.07, 6.45) is 1.41. The molecule has 1 fully saturated rings. The minimum Gasteiger partial charge on any atom is -0.395 e. The molecule has 5 heteroatoms. The van der Waals surface area contributed by atoms with E-state index in [4.69, 9.17) is 0 Å². The van der Waals surface area contributed by atoms with Crippen molar-refractivity contribution < 1.29 is 14.7 Å². The summed E-state index contributed by atoms with van der Waals surface area (Å²) in [7, 11) is 0. The van der Waals surface area contributed by atoms with Gasteiger partial charge in [0.25, 0.3) is 5.91 Å². The molecule has 1 aliphatic rings. The molecule has 0 aromatic heterocycles. The van der Waals surface area contributed by atoms with Crippen LogP contribution >= 0.6 is 0 Å². The fourth-order valence-corrected chi connectivity index (χ4v) is 3.09. The molecular formula is C20H22N2O3. The molecule has 0 aliphatic carbocycles. The molecule has 5 nitrogen and oxygen atoms in total. The van der Waals surface area contributed by atoms with Gasteiger partial charge in [-0.1, -0.05) is 36.4 Å². The summed E-state index contributed by atoms with van der Waals surface area (Å²) in [5.74, 6) is -0.0486. The van der Waals surface area contributed by atoms with Crippen LogP contribution in [-0.4, -0.2) is 41.5 Å². The molecule has 0 unspecified atom stereocenters. The molecule has 1 N–H and O–H groups in total. The largest absolute Gasteiger partial charge is 0.395 e. The lowest BCUT2D eigenvalue weighted by molar-refractivity contribution is -0.117. The van der Waals surface area contributed by atoms with E-state index in [2.05, 4.69) is 0 Å². The quantitative estimate of drug-likeness (QED) is 0.880. The lowest BCUT2D eigenvalue weighted by atomic mass is 10.1. The smallest absolute Gasteiger partial charge is 0.254 e. The van der Waals surface area contributed by atoms with Crippen LogP contribution in [0.1, 0.15) is 28.8 Å². The van der Waals surface area contributed by atoms with Gasteiger partial charge in [0.15, 0.2) is 0 Å². The maximum atomic E-state index is 12.9. The summed E-state index contributed by atoms with van der Waals surface area (Å²) >= 11 is 0. The van der Waals surface area contributed by atoms with Gasteiger partial charge in [-0.15, -0.1) is 0 Å². The summed E-state index contributed by atoms with van der Waals surface area (Å²) in [6, 6.07) is 16.9. The number of amides is 2. The van der Waals surface area contributed by atoms with E-state index in [1.165, 1.54) is 0 Å². The Morgan fingerprint density at radius 3 is 2.60 bits per heavy atom. The molecule has 0 saturated carbocycles. The van der Waals surface area contributed by atoms with Gasteiger partial charge in [0, 0.05) is 37.3 Å². The van der Waals surface area contributed by atoms with Crippen molar-refractivity contribution in [1.82, 2.24) is 4.90 Å². The molecule has 0 atom stereocenters. The van der Waals surface area contributed by atoms with E-state index in [1.54, 1.807) is 28.0 Å². The van der Waals surface area contributed by atoms with Gasteiger partial charge in [0.05, 0.1) is 6.61 Å². The molecule has 130 valence electrons. The molecule has 0 radical (unpaired) electrons. The molecule has 0 spiro atoms. The Labute approximate surface area is 147 Å². The molecule has 25 heavy (non-hydrogen) atoms. The van der Waals surface area contributed by atoms with Crippen molar-refractivity contribution in [3.8, 4) is 0 Å². The summed E-state index contributed by atoms with van der Waals surface area (Å²) < 4.78 is 0. The van der Waals surface area contributed by atoms with E-state index >= 15 is 0 Å². The molecule has 3 rings (SSSR count).